The van der Waals surface area contributed by atoms with Gasteiger partial charge in [-0.2, -0.15) is 0 Å². The van der Waals surface area contributed by atoms with Crippen molar-refractivity contribution < 1.29 is 8.42 Å². The van der Waals surface area contributed by atoms with Crippen LogP contribution in [-0.4, -0.2) is 14.0 Å². The van der Waals surface area contributed by atoms with Gasteiger partial charge >= 0.3 is 0 Å². The summed E-state index contributed by atoms with van der Waals surface area (Å²) in [5, 5.41) is 0. The molecule has 1 saturated carbocycles. The summed E-state index contributed by atoms with van der Waals surface area (Å²) in [6, 6.07) is 3.53. The third-order valence-electron chi connectivity index (χ3n) is 3.97. The molecule has 2 rings (SSSR count). The molecule has 1 fully saturated rings. The van der Waals surface area contributed by atoms with Gasteiger partial charge in [-0.05, 0) is 49.9 Å². The van der Waals surface area contributed by atoms with E-state index in [0.717, 1.165) is 41.3 Å². The van der Waals surface area contributed by atoms with E-state index >= 15 is 0 Å². The van der Waals surface area contributed by atoms with E-state index in [-0.39, 0.29) is 5.54 Å². The van der Waals surface area contributed by atoms with Crippen LogP contribution >= 0.6 is 15.9 Å². The topological polar surface area (TPSA) is 72.2 Å². The zero-order valence-electron chi connectivity index (χ0n) is 11.9. The number of benzene rings is 1. The fourth-order valence-electron chi connectivity index (χ4n) is 2.74. The molecule has 0 unspecified atom stereocenters. The summed E-state index contributed by atoms with van der Waals surface area (Å²) in [6.07, 6.45) is 3.93. The summed E-state index contributed by atoms with van der Waals surface area (Å²) in [5.41, 5.74) is 6.84. The molecular weight excluding hydrogens is 340 g/mol. The number of nitrogens with two attached hydrogens (primary N) is 1. The molecule has 1 aromatic rings. The quantitative estimate of drug-likeness (QED) is 0.866. The van der Waals surface area contributed by atoms with E-state index in [1.807, 2.05) is 13.0 Å². The van der Waals surface area contributed by atoms with Gasteiger partial charge in [-0.1, -0.05) is 28.8 Å². The van der Waals surface area contributed by atoms with E-state index in [1.165, 1.54) is 0 Å². The Morgan fingerprint density at radius 1 is 1.35 bits per heavy atom. The Morgan fingerprint density at radius 2 is 1.95 bits per heavy atom. The van der Waals surface area contributed by atoms with Crippen LogP contribution in [0.25, 0.3) is 0 Å². The lowest BCUT2D eigenvalue weighted by Gasteiger charge is -2.25. The van der Waals surface area contributed by atoms with E-state index < -0.39 is 10.0 Å². The molecule has 0 bridgehead atoms. The summed E-state index contributed by atoms with van der Waals surface area (Å²) in [7, 11) is -3.52. The Labute approximate surface area is 129 Å². The summed E-state index contributed by atoms with van der Waals surface area (Å²) in [4.78, 5) is 0.320. The molecule has 0 amide bonds. The van der Waals surface area contributed by atoms with Crippen molar-refractivity contribution in [3.05, 3.63) is 27.7 Å². The van der Waals surface area contributed by atoms with Crippen molar-refractivity contribution in [3.8, 4) is 0 Å². The van der Waals surface area contributed by atoms with Crippen molar-refractivity contribution in [2.45, 2.75) is 56.5 Å². The van der Waals surface area contributed by atoms with Gasteiger partial charge in [0.25, 0.3) is 0 Å². The Kier molecular flexibility index (Phi) is 4.59. The predicted octanol–water partition coefficient (Wildman–Crippen LogP) is 2.83. The number of hydrogen-bond donors (Lipinski definition) is 2. The number of nitrogens with one attached hydrogen (secondary N) is 1. The van der Waals surface area contributed by atoms with Crippen LogP contribution in [0.15, 0.2) is 21.5 Å². The van der Waals surface area contributed by atoms with Crippen molar-refractivity contribution in [3.63, 3.8) is 0 Å². The highest BCUT2D eigenvalue weighted by atomic mass is 79.9. The van der Waals surface area contributed by atoms with Crippen LogP contribution in [0, 0.1) is 6.92 Å². The Bertz CT molecular complexity index is 608. The van der Waals surface area contributed by atoms with Gasteiger partial charge in [0.05, 0.1) is 4.90 Å². The minimum absolute atomic E-state index is 0.318. The third kappa shape index (κ3) is 3.24. The summed E-state index contributed by atoms with van der Waals surface area (Å²) in [5.74, 6) is 0. The molecule has 0 aliphatic heterocycles. The molecule has 20 heavy (non-hydrogen) atoms. The minimum Gasteiger partial charge on any atom is -0.326 e. The van der Waals surface area contributed by atoms with Gasteiger partial charge in [0.2, 0.25) is 10.0 Å². The van der Waals surface area contributed by atoms with Crippen LogP contribution in [0.5, 0.6) is 0 Å². The van der Waals surface area contributed by atoms with Gasteiger partial charge in [-0.3, -0.25) is 0 Å². The molecule has 0 atom stereocenters. The molecule has 1 aliphatic carbocycles. The van der Waals surface area contributed by atoms with E-state index in [4.69, 9.17) is 5.73 Å². The molecule has 1 aromatic carbocycles. The van der Waals surface area contributed by atoms with Crippen LogP contribution < -0.4 is 10.5 Å². The number of halogens is 1. The van der Waals surface area contributed by atoms with Crippen molar-refractivity contribution in [1.82, 2.24) is 4.72 Å². The molecule has 6 heteroatoms. The monoisotopic (exact) mass is 360 g/mol. The highest BCUT2D eigenvalue weighted by molar-refractivity contribution is 9.10. The maximum absolute atomic E-state index is 12.7. The van der Waals surface area contributed by atoms with Gasteiger partial charge < -0.3 is 5.73 Å². The lowest BCUT2D eigenvalue weighted by Crippen LogP contribution is -2.43. The van der Waals surface area contributed by atoms with Gasteiger partial charge in [0.1, 0.15) is 0 Å². The van der Waals surface area contributed by atoms with Crippen LogP contribution in [0.4, 0.5) is 0 Å². The number of rotatable bonds is 4. The average molecular weight is 361 g/mol. The lowest BCUT2D eigenvalue weighted by atomic mass is 10.0. The first-order valence-corrected chi connectivity index (χ1v) is 9.08. The molecule has 1 aliphatic rings. The van der Waals surface area contributed by atoms with Crippen molar-refractivity contribution in [2.24, 2.45) is 5.73 Å². The average Bonchev–Trinajstić information content (AvgIpc) is 2.77. The van der Waals surface area contributed by atoms with Crippen LogP contribution in [0.2, 0.25) is 0 Å². The van der Waals surface area contributed by atoms with E-state index in [0.29, 0.717) is 11.4 Å². The Balaban J connectivity index is 2.41. The number of hydrogen-bond acceptors (Lipinski definition) is 3. The second-order valence-corrected chi connectivity index (χ2v) is 8.28. The fraction of sp³-hybridized carbons (Fsp3) is 0.571. The molecular formula is C14H21BrN2O2S. The smallest absolute Gasteiger partial charge is 0.241 e. The summed E-state index contributed by atoms with van der Waals surface area (Å²) in [6.45, 7) is 4.10. The molecule has 0 spiro atoms. The van der Waals surface area contributed by atoms with Gasteiger partial charge in [0, 0.05) is 16.6 Å². The molecule has 112 valence electrons. The second kappa shape index (κ2) is 5.75. The normalized spacial score (nSPS) is 18.4. The Hall–Kier alpha value is -0.430. The van der Waals surface area contributed by atoms with Crippen molar-refractivity contribution in [2.75, 3.05) is 0 Å². The largest absolute Gasteiger partial charge is 0.326 e. The first-order chi connectivity index (χ1) is 9.27. The van der Waals surface area contributed by atoms with E-state index in [9.17, 15) is 8.42 Å². The minimum atomic E-state index is -3.52. The lowest BCUT2D eigenvalue weighted by molar-refractivity contribution is 0.427. The van der Waals surface area contributed by atoms with E-state index in [1.54, 1.807) is 13.0 Å². The van der Waals surface area contributed by atoms with Gasteiger partial charge in [-0.25, -0.2) is 13.1 Å². The molecule has 4 nitrogen and oxygen atoms in total. The standard InChI is InChI=1S/C14H21BrN2O2S/c1-10-12(15)7-11(9-16)8-13(10)20(18,19)17-14(2)5-3-4-6-14/h7-8,17H,3-6,9,16H2,1-2H3. The highest BCUT2D eigenvalue weighted by Crippen LogP contribution is 2.32. The van der Waals surface area contributed by atoms with Gasteiger partial charge in [0.15, 0.2) is 0 Å². The fourth-order valence-corrected chi connectivity index (χ4v) is 5.16. The maximum atomic E-state index is 12.7. The SMILES string of the molecule is Cc1c(Br)cc(CN)cc1S(=O)(=O)NC1(C)CCCC1. The van der Waals surface area contributed by atoms with Crippen molar-refractivity contribution in [1.29, 1.82) is 0 Å². The zero-order chi connectivity index (χ0) is 15.0. The van der Waals surface area contributed by atoms with Crippen LogP contribution in [-0.2, 0) is 16.6 Å². The second-order valence-electron chi connectivity index (χ2n) is 5.78. The number of sulfonamides is 1. The first kappa shape index (κ1) is 15.9. The summed E-state index contributed by atoms with van der Waals surface area (Å²) >= 11 is 3.41. The molecule has 0 radical (unpaired) electrons. The third-order valence-corrected chi connectivity index (χ3v) is 6.56. The van der Waals surface area contributed by atoms with Gasteiger partial charge in [-0.15, -0.1) is 0 Å². The van der Waals surface area contributed by atoms with Crippen LogP contribution in [0.1, 0.15) is 43.7 Å². The van der Waals surface area contributed by atoms with E-state index in [2.05, 4.69) is 20.7 Å². The zero-order valence-corrected chi connectivity index (χ0v) is 14.3. The molecule has 0 heterocycles. The van der Waals surface area contributed by atoms with Crippen LogP contribution in [0.3, 0.4) is 0 Å². The predicted molar refractivity (Wildman–Crippen MR) is 84.0 cm³/mol. The molecule has 0 aromatic heterocycles. The summed E-state index contributed by atoms with van der Waals surface area (Å²) < 4.78 is 29.0. The molecule has 0 saturated heterocycles. The highest BCUT2D eigenvalue weighted by Gasteiger charge is 2.34. The Morgan fingerprint density at radius 3 is 2.50 bits per heavy atom. The maximum Gasteiger partial charge on any atom is 0.241 e. The first-order valence-electron chi connectivity index (χ1n) is 6.80. The van der Waals surface area contributed by atoms with Crippen molar-refractivity contribution >= 4 is 26.0 Å². The molecule has 3 N–H and O–H groups in total.